The van der Waals surface area contributed by atoms with Crippen LogP contribution in [0.2, 0.25) is 0 Å². The molecule has 0 saturated heterocycles. The summed E-state index contributed by atoms with van der Waals surface area (Å²) in [5.41, 5.74) is -4.96. The van der Waals surface area contributed by atoms with Gasteiger partial charge in [0.2, 0.25) is 0 Å². The van der Waals surface area contributed by atoms with Crippen molar-refractivity contribution in [1.82, 2.24) is 0 Å². The van der Waals surface area contributed by atoms with Crippen LogP contribution in [0.5, 0.6) is 0 Å². The molecule has 0 N–H and O–H groups in total. The Labute approximate surface area is 64.8 Å². The summed E-state index contributed by atoms with van der Waals surface area (Å²) in [6, 6.07) is 0. The van der Waals surface area contributed by atoms with E-state index in [1.54, 1.807) is 0 Å². The third-order valence-corrected chi connectivity index (χ3v) is 2.63. The fourth-order valence-corrected chi connectivity index (χ4v) is 1.04. The Morgan fingerprint density at radius 1 is 1.42 bits per heavy atom. The molecule has 0 fully saturated rings. The lowest BCUT2D eigenvalue weighted by atomic mass is 10.4. The zero-order valence-corrected chi connectivity index (χ0v) is 6.54. The van der Waals surface area contributed by atoms with Crippen molar-refractivity contribution in [2.45, 2.75) is 11.8 Å². The van der Waals surface area contributed by atoms with Crippen LogP contribution in [-0.2, 0) is 4.57 Å². The molecule has 0 aromatic rings. The Kier molecular flexibility index (Phi) is 3.65. The van der Waals surface area contributed by atoms with Gasteiger partial charge in [-0.25, -0.2) is 13.2 Å². The van der Waals surface area contributed by atoms with Crippen LogP contribution >= 0.6 is 7.37 Å². The molecule has 0 spiro atoms. The molecule has 0 aliphatic carbocycles. The van der Waals surface area contributed by atoms with Crippen LogP contribution in [0, 0.1) is 0 Å². The molecule has 0 saturated carbocycles. The minimum absolute atomic E-state index is 2.17. The fourth-order valence-electron chi connectivity index (χ4n) is 0.386. The molecule has 0 rings (SSSR count). The van der Waals surface area contributed by atoms with Crippen LogP contribution in [0.25, 0.3) is 0 Å². The van der Waals surface area contributed by atoms with Gasteiger partial charge in [0.15, 0.2) is 6.17 Å². The van der Waals surface area contributed by atoms with E-state index >= 15 is 0 Å². The average Bonchev–Trinajstić information content (AvgIpc) is 2.02. The van der Waals surface area contributed by atoms with E-state index in [2.05, 4.69) is 0 Å². The Morgan fingerprint density at radius 3 is 2.08 bits per heavy atom. The highest BCUT2D eigenvalue weighted by Crippen LogP contribution is 2.55. The maximum atomic E-state index is 12.2. The summed E-state index contributed by atoms with van der Waals surface area (Å²) in [6.07, 6.45) is -5.89. The third kappa shape index (κ3) is 1.95. The normalized spacial score (nSPS) is 20.2. The SMILES string of the molecule is O=P([O-])(CF)C(F)(F)C(F)CF. The molecule has 0 aliphatic heterocycles. The van der Waals surface area contributed by atoms with Gasteiger partial charge in [-0.15, -0.1) is 0 Å². The predicted octanol–water partition coefficient (Wildman–Crippen LogP) is 1.45. The Balaban J connectivity index is 4.71. The van der Waals surface area contributed by atoms with Crippen LogP contribution < -0.4 is 4.89 Å². The van der Waals surface area contributed by atoms with Crippen molar-refractivity contribution >= 4 is 7.37 Å². The molecule has 2 unspecified atom stereocenters. The van der Waals surface area contributed by atoms with Gasteiger partial charge < -0.3 is 9.46 Å². The van der Waals surface area contributed by atoms with Crippen LogP contribution in [0.15, 0.2) is 0 Å². The van der Waals surface area contributed by atoms with Gasteiger partial charge in [-0.05, 0) is 0 Å². The maximum absolute atomic E-state index is 12.2. The molecule has 2 nitrogen and oxygen atoms in total. The summed E-state index contributed by atoms with van der Waals surface area (Å²) in [4.78, 5) is 10.1. The smallest absolute Gasteiger partial charge is 0.320 e. The lowest BCUT2D eigenvalue weighted by Crippen LogP contribution is -2.36. The zero-order chi connectivity index (χ0) is 9.99. The van der Waals surface area contributed by atoms with Crippen molar-refractivity contribution in [3.8, 4) is 0 Å². The number of alkyl halides is 5. The molecule has 0 aliphatic rings. The highest BCUT2D eigenvalue weighted by molar-refractivity contribution is 7.57. The molecular weight excluding hydrogens is 206 g/mol. The second-order valence-corrected chi connectivity index (χ2v) is 4.18. The van der Waals surface area contributed by atoms with Crippen LogP contribution in [0.1, 0.15) is 0 Å². The third-order valence-electron chi connectivity index (χ3n) is 1.12. The zero-order valence-electron chi connectivity index (χ0n) is 5.65. The monoisotopic (exact) mass is 211 g/mol. The first-order valence-corrected chi connectivity index (χ1v) is 4.54. The van der Waals surface area contributed by atoms with Crippen molar-refractivity contribution in [3.63, 3.8) is 0 Å². The molecule has 0 aromatic carbocycles. The molecule has 0 bridgehead atoms. The van der Waals surface area contributed by atoms with E-state index in [1.807, 2.05) is 0 Å². The van der Waals surface area contributed by atoms with Gasteiger partial charge in [0.05, 0.1) is 0 Å². The topological polar surface area (TPSA) is 40.1 Å². The van der Waals surface area contributed by atoms with Gasteiger partial charge in [0.25, 0.3) is 0 Å². The summed E-state index contributed by atoms with van der Waals surface area (Å²) in [5, 5.41) is 0. The van der Waals surface area contributed by atoms with E-state index in [0.717, 1.165) is 0 Å². The fraction of sp³-hybridized carbons (Fsp3) is 1.00. The van der Waals surface area contributed by atoms with Gasteiger partial charge in [0.1, 0.15) is 20.5 Å². The minimum Gasteiger partial charge on any atom is -0.793 e. The summed E-state index contributed by atoms with van der Waals surface area (Å²) >= 11 is 0. The van der Waals surface area contributed by atoms with Gasteiger partial charge in [0, 0.05) is 0 Å². The van der Waals surface area contributed by atoms with Crippen LogP contribution in [0.4, 0.5) is 22.0 Å². The number of hydrogen-bond donors (Lipinski definition) is 0. The largest absolute Gasteiger partial charge is 0.793 e. The van der Waals surface area contributed by atoms with E-state index in [0.29, 0.717) is 0 Å². The van der Waals surface area contributed by atoms with Crippen molar-refractivity contribution in [2.24, 2.45) is 0 Å². The number of halogens is 5. The predicted molar refractivity (Wildman–Crippen MR) is 29.4 cm³/mol. The minimum atomic E-state index is -5.81. The van der Waals surface area contributed by atoms with E-state index < -0.39 is 32.3 Å². The Morgan fingerprint density at radius 2 is 1.83 bits per heavy atom. The van der Waals surface area contributed by atoms with E-state index in [4.69, 9.17) is 0 Å². The highest BCUT2D eigenvalue weighted by atomic mass is 31.2. The lowest BCUT2D eigenvalue weighted by molar-refractivity contribution is -0.204. The quantitative estimate of drug-likeness (QED) is 0.521. The summed E-state index contributed by atoms with van der Waals surface area (Å²) < 4.78 is 69.1. The molecule has 0 aromatic heterocycles. The summed E-state index contributed by atoms with van der Waals surface area (Å²) in [6.45, 7) is -2.17. The van der Waals surface area contributed by atoms with Crippen molar-refractivity contribution in [2.75, 3.05) is 13.1 Å². The Hall–Kier alpha value is -0.160. The van der Waals surface area contributed by atoms with E-state index in [9.17, 15) is 31.4 Å². The molecule has 8 heteroatoms. The molecule has 0 amide bonds. The second kappa shape index (κ2) is 3.70. The first-order chi connectivity index (χ1) is 5.29. The number of rotatable bonds is 4. The Bertz CT molecular complexity index is 196. The van der Waals surface area contributed by atoms with Crippen molar-refractivity contribution < 1.29 is 31.4 Å². The first-order valence-electron chi connectivity index (χ1n) is 2.73. The van der Waals surface area contributed by atoms with Gasteiger partial charge in [-0.1, -0.05) is 0 Å². The van der Waals surface area contributed by atoms with E-state index in [1.165, 1.54) is 0 Å². The molecular formula is C4H5F5O2P-. The molecule has 0 heterocycles. The lowest BCUT2D eigenvalue weighted by Gasteiger charge is -2.30. The molecule has 0 radical (unpaired) electrons. The van der Waals surface area contributed by atoms with Crippen molar-refractivity contribution in [1.29, 1.82) is 0 Å². The average molecular weight is 211 g/mol. The molecule has 12 heavy (non-hydrogen) atoms. The maximum Gasteiger partial charge on any atom is 0.320 e. The van der Waals surface area contributed by atoms with Gasteiger partial charge in [-0.2, -0.15) is 8.78 Å². The first kappa shape index (κ1) is 11.8. The number of hydrogen-bond acceptors (Lipinski definition) is 2. The van der Waals surface area contributed by atoms with Crippen LogP contribution in [-0.4, -0.2) is 24.9 Å². The standard InChI is InChI=1S/C4H6F5O2P/c5-1-3(7)4(8,9)12(10,11)2-6/h3H,1-2H2,(H,10,11)/p-1. The van der Waals surface area contributed by atoms with Gasteiger partial charge >= 0.3 is 5.66 Å². The second-order valence-electron chi connectivity index (χ2n) is 2.00. The van der Waals surface area contributed by atoms with Crippen molar-refractivity contribution in [3.05, 3.63) is 0 Å². The molecule has 2 atom stereocenters. The van der Waals surface area contributed by atoms with E-state index in [-0.39, 0.29) is 0 Å². The summed E-state index contributed by atoms with van der Waals surface area (Å²) in [5.74, 6) is 0. The van der Waals surface area contributed by atoms with Crippen LogP contribution in [0.3, 0.4) is 0 Å². The van der Waals surface area contributed by atoms with Gasteiger partial charge in [-0.3, -0.25) is 0 Å². The molecule has 74 valence electrons. The highest BCUT2D eigenvalue weighted by Gasteiger charge is 2.49. The summed E-state index contributed by atoms with van der Waals surface area (Å²) in [7, 11) is -5.81.